The first-order valence-corrected chi connectivity index (χ1v) is 23.5. The van der Waals surface area contributed by atoms with Crippen LogP contribution in [0.15, 0.2) is 4.99 Å². The molecule has 0 saturated heterocycles. The van der Waals surface area contributed by atoms with Crippen molar-refractivity contribution in [3.8, 4) is 0 Å². The van der Waals surface area contributed by atoms with Gasteiger partial charge in [-0.15, -0.1) is 0 Å². The maximum atomic E-state index is 13.7. The number of carbonyl (C=O) groups excluding carboxylic acids is 8. The number of hydrogen-bond acceptors (Lipinski definition) is 14. The molecule has 22 nitrogen and oxygen atoms in total. The number of carbonyl (C=O) groups is 9. The summed E-state index contributed by atoms with van der Waals surface area (Å²) in [6.07, 6.45) is 1.37. The van der Waals surface area contributed by atoms with Gasteiger partial charge in [-0.3, -0.25) is 43.3 Å². The zero-order valence-corrected chi connectivity index (χ0v) is 41.3. The van der Waals surface area contributed by atoms with Crippen LogP contribution in [-0.2, 0) is 43.2 Å². The number of amides is 8. The van der Waals surface area contributed by atoms with E-state index in [2.05, 4.69) is 85.4 Å². The molecule has 15 N–H and O–H groups in total. The molecule has 0 bridgehead atoms. The van der Waals surface area contributed by atoms with E-state index in [1.54, 1.807) is 27.7 Å². The van der Waals surface area contributed by atoms with Gasteiger partial charge in [0.1, 0.15) is 42.3 Å². The Morgan fingerprint density at radius 2 is 1.00 bits per heavy atom. The molecule has 9 atom stereocenters. The number of hydrogen-bond donors (Lipinski definition) is 15. The second kappa shape index (κ2) is 31.4. The number of carboxylic acid groups (broad SMARTS) is 1. The van der Waals surface area contributed by atoms with Gasteiger partial charge in [-0.1, -0.05) is 61.8 Å². The molecule has 0 spiro atoms. The quantitative estimate of drug-likeness (QED) is 0.0149. The van der Waals surface area contributed by atoms with Gasteiger partial charge in [-0.2, -0.15) is 37.9 Å². The zero-order chi connectivity index (χ0) is 50.1. The van der Waals surface area contributed by atoms with Crippen LogP contribution in [0.25, 0.3) is 0 Å². The summed E-state index contributed by atoms with van der Waals surface area (Å²) in [6, 6.07) is -9.36. The van der Waals surface area contributed by atoms with Crippen LogP contribution in [0.5, 0.6) is 0 Å². The van der Waals surface area contributed by atoms with E-state index >= 15 is 0 Å². The fourth-order valence-electron chi connectivity index (χ4n) is 5.98. The number of guanidine groups is 1. The van der Waals surface area contributed by atoms with E-state index in [4.69, 9.17) is 17.2 Å². The van der Waals surface area contributed by atoms with Crippen molar-refractivity contribution >= 4 is 97.1 Å². The molecule has 0 aromatic carbocycles. The summed E-state index contributed by atoms with van der Waals surface area (Å²) in [7, 11) is 0. The highest BCUT2D eigenvalue weighted by molar-refractivity contribution is 7.80. The molecule has 0 saturated carbocycles. The highest BCUT2D eigenvalue weighted by atomic mass is 32.1. The van der Waals surface area contributed by atoms with Gasteiger partial charge in [-0.05, 0) is 49.4 Å². The Balaban J connectivity index is 5.89. The Bertz CT molecular complexity index is 1640. The number of thiol groups is 3. The lowest BCUT2D eigenvalue weighted by Crippen LogP contribution is -2.61. The SMILES string of the molecule is CC[C@H](C)[C@H](NC(=O)CNC(=O)[C@H](CC(C)C)NC(=O)[C@@H](NC(=O)[C@H](CS)NC(=O)[C@H](CC(C)C)NC(=O)[C@H](CS)NC(=O)[C@@H](N)CCCN=C(N)N)C(C)C)C(=O)N[C@@H](CS)C(=O)O. The minimum absolute atomic E-state index is 0.0970. The lowest BCUT2D eigenvalue weighted by atomic mass is 9.98. The number of rotatable bonds is 31. The molecule has 0 aliphatic heterocycles. The van der Waals surface area contributed by atoms with Crippen LogP contribution in [0.3, 0.4) is 0 Å². The van der Waals surface area contributed by atoms with Crippen molar-refractivity contribution in [2.45, 2.75) is 136 Å². The van der Waals surface area contributed by atoms with Crippen LogP contribution < -0.4 is 59.7 Å². The maximum absolute atomic E-state index is 13.7. The van der Waals surface area contributed by atoms with E-state index in [1.165, 1.54) is 0 Å². The third kappa shape index (κ3) is 23.5. The molecule has 65 heavy (non-hydrogen) atoms. The molecule has 0 aliphatic carbocycles. The van der Waals surface area contributed by atoms with Crippen molar-refractivity contribution in [3.63, 3.8) is 0 Å². The number of nitrogens with zero attached hydrogens (tertiary/aromatic N) is 1. The second-order valence-corrected chi connectivity index (χ2v) is 18.0. The van der Waals surface area contributed by atoms with E-state index in [-0.39, 0.29) is 60.9 Å². The Morgan fingerprint density at radius 1 is 0.569 bits per heavy atom. The molecule has 0 heterocycles. The van der Waals surface area contributed by atoms with Gasteiger partial charge in [0.2, 0.25) is 47.3 Å². The molecular formula is C40H74N12O10S3. The van der Waals surface area contributed by atoms with Gasteiger partial charge in [0.05, 0.1) is 12.6 Å². The average molecular weight is 979 g/mol. The number of aliphatic carboxylic acids is 1. The topological polar surface area (TPSA) is 361 Å². The van der Waals surface area contributed by atoms with Crippen molar-refractivity contribution in [2.24, 2.45) is 45.9 Å². The fourth-order valence-corrected chi connectivity index (χ4v) is 6.74. The smallest absolute Gasteiger partial charge is 0.327 e. The summed E-state index contributed by atoms with van der Waals surface area (Å²) in [6.45, 7) is 13.7. The highest BCUT2D eigenvalue weighted by Crippen LogP contribution is 2.12. The number of nitrogens with one attached hydrogen (secondary N) is 8. The van der Waals surface area contributed by atoms with Gasteiger partial charge in [0.15, 0.2) is 5.96 Å². The fraction of sp³-hybridized carbons (Fsp3) is 0.750. The maximum Gasteiger partial charge on any atom is 0.327 e. The average Bonchev–Trinajstić information content (AvgIpc) is 3.23. The Labute approximate surface area is 398 Å². The summed E-state index contributed by atoms with van der Waals surface area (Å²) in [5.41, 5.74) is 16.6. The largest absolute Gasteiger partial charge is 0.480 e. The van der Waals surface area contributed by atoms with Crippen molar-refractivity contribution in [2.75, 3.05) is 30.3 Å². The molecule has 0 aromatic heterocycles. The predicted octanol–water partition coefficient (Wildman–Crippen LogP) is -2.45. The molecule has 8 amide bonds. The van der Waals surface area contributed by atoms with Crippen LogP contribution in [0, 0.1) is 23.7 Å². The Morgan fingerprint density at radius 3 is 1.46 bits per heavy atom. The molecule has 25 heteroatoms. The van der Waals surface area contributed by atoms with Crippen LogP contribution >= 0.6 is 37.9 Å². The van der Waals surface area contributed by atoms with Gasteiger partial charge in [-0.25, -0.2) is 4.79 Å². The first-order chi connectivity index (χ1) is 30.3. The monoisotopic (exact) mass is 978 g/mol. The van der Waals surface area contributed by atoms with E-state index < -0.39 is 120 Å². The van der Waals surface area contributed by atoms with Crippen molar-refractivity contribution in [3.05, 3.63) is 0 Å². The van der Waals surface area contributed by atoms with E-state index in [1.807, 2.05) is 27.7 Å². The van der Waals surface area contributed by atoms with Gasteiger partial charge >= 0.3 is 5.97 Å². The van der Waals surface area contributed by atoms with Crippen molar-refractivity contribution in [1.82, 2.24) is 42.5 Å². The van der Waals surface area contributed by atoms with Crippen LogP contribution in [-0.4, -0.2) is 143 Å². The molecule has 0 aliphatic rings. The molecule has 0 radical (unpaired) electrons. The summed E-state index contributed by atoms with van der Waals surface area (Å²) in [5, 5.41) is 29.7. The second-order valence-electron chi connectivity index (χ2n) is 16.9. The number of nitrogens with two attached hydrogens (primary N) is 3. The lowest BCUT2D eigenvalue weighted by molar-refractivity contribution is -0.141. The third-order valence-corrected chi connectivity index (χ3v) is 11.0. The van der Waals surface area contributed by atoms with Gasteiger partial charge in [0, 0.05) is 23.8 Å². The molecule has 372 valence electrons. The molecule has 0 unspecified atom stereocenters. The first-order valence-electron chi connectivity index (χ1n) is 21.6. The first kappa shape index (κ1) is 60.5. The molecule has 0 rings (SSSR count). The third-order valence-electron chi connectivity index (χ3n) is 9.89. The van der Waals surface area contributed by atoms with Crippen molar-refractivity contribution < 1.29 is 48.3 Å². The lowest BCUT2D eigenvalue weighted by Gasteiger charge is -2.29. The summed E-state index contributed by atoms with van der Waals surface area (Å²) in [4.78, 5) is 122. The Kier molecular flexibility index (Phi) is 29.3. The van der Waals surface area contributed by atoms with E-state index in [9.17, 15) is 48.3 Å². The summed E-state index contributed by atoms with van der Waals surface area (Å²) in [5.74, 6) is -8.84. The van der Waals surface area contributed by atoms with Crippen LogP contribution in [0.4, 0.5) is 0 Å². The van der Waals surface area contributed by atoms with E-state index in [0.717, 1.165) is 0 Å². The molecular weight excluding hydrogens is 905 g/mol. The highest BCUT2D eigenvalue weighted by Gasteiger charge is 2.35. The molecule has 0 fully saturated rings. The van der Waals surface area contributed by atoms with Gasteiger partial charge in [0.25, 0.3) is 0 Å². The normalized spacial score (nSPS) is 15.4. The van der Waals surface area contributed by atoms with Crippen molar-refractivity contribution in [1.29, 1.82) is 0 Å². The van der Waals surface area contributed by atoms with Crippen LogP contribution in [0.1, 0.15) is 87.5 Å². The summed E-state index contributed by atoms with van der Waals surface area (Å²) < 4.78 is 0. The molecule has 0 aromatic rings. The minimum Gasteiger partial charge on any atom is -0.480 e. The predicted molar refractivity (Wildman–Crippen MR) is 257 cm³/mol. The standard InChI is InChI=1S/C40H74N12O10S3/c1-9-22(8)31(38(60)50-28(18-65)39(61)62)51-29(53)15-45-33(55)24(13-19(2)3)47-37(59)30(21(6)7)52-36(58)27(17-64)49-34(56)25(14-20(4)5)46-35(57)26(16-63)48-32(54)23(41)11-10-12-44-40(42)43/h19-28,30-31,63-65H,9-18,41H2,1-8H3,(H,45,55)(H,46,57)(H,47,59)(H,48,54)(H,49,56)(H,50,60)(H,51,53)(H,52,58)(H,61,62)(H4,42,43,44)/t22-,23-,24-,25-,26-,27-,28-,30-,31-/m0/s1. The van der Waals surface area contributed by atoms with E-state index in [0.29, 0.717) is 12.8 Å². The number of carboxylic acids is 1. The zero-order valence-electron chi connectivity index (χ0n) is 38.6. The van der Waals surface area contributed by atoms with Crippen LogP contribution in [0.2, 0.25) is 0 Å². The number of aliphatic imine (C=N–C) groups is 1. The minimum atomic E-state index is -1.30. The Hall–Kier alpha value is -4.49. The summed E-state index contributed by atoms with van der Waals surface area (Å²) >= 11 is 12.4. The van der Waals surface area contributed by atoms with Gasteiger partial charge < -0.3 is 64.8 Å².